The first-order chi connectivity index (χ1) is 14.7. The lowest BCUT2D eigenvalue weighted by Gasteiger charge is -2.08. The summed E-state index contributed by atoms with van der Waals surface area (Å²) in [6.07, 6.45) is 1.71. The number of benzene rings is 3. The average molecular weight is 402 g/mol. The van der Waals surface area contributed by atoms with Gasteiger partial charge in [-0.1, -0.05) is 30.3 Å². The molecule has 3 aromatic rings. The number of carbonyl (C=O) groups is 1. The second-order valence-corrected chi connectivity index (χ2v) is 6.71. The highest BCUT2D eigenvalue weighted by atomic mass is 16.5. The summed E-state index contributed by atoms with van der Waals surface area (Å²) in [6.45, 7) is 2.87. The van der Waals surface area contributed by atoms with Crippen LogP contribution in [0.4, 0.5) is 0 Å². The first kappa shape index (κ1) is 19.6. The lowest BCUT2D eigenvalue weighted by Crippen LogP contribution is -1.99. The fourth-order valence-corrected chi connectivity index (χ4v) is 3.17. The van der Waals surface area contributed by atoms with E-state index in [0.717, 1.165) is 16.9 Å². The highest BCUT2D eigenvalue weighted by molar-refractivity contribution is 6.14. The van der Waals surface area contributed by atoms with Crippen LogP contribution >= 0.6 is 0 Å². The molecule has 5 nitrogen and oxygen atoms in total. The van der Waals surface area contributed by atoms with Crippen molar-refractivity contribution in [1.82, 2.24) is 0 Å². The summed E-state index contributed by atoms with van der Waals surface area (Å²) >= 11 is 0. The predicted octanol–water partition coefficient (Wildman–Crippen LogP) is 5.29. The van der Waals surface area contributed by atoms with E-state index in [2.05, 4.69) is 0 Å². The number of carbonyl (C=O) groups excluding carboxylic acids is 1. The molecule has 0 amide bonds. The molecule has 0 spiro atoms. The van der Waals surface area contributed by atoms with Crippen LogP contribution in [0.1, 0.15) is 28.4 Å². The van der Waals surface area contributed by atoms with Crippen LogP contribution < -0.4 is 18.9 Å². The molecule has 0 fully saturated rings. The van der Waals surface area contributed by atoms with E-state index in [1.165, 1.54) is 0 Å². The van der Waals surface area contributed by atoms with E-state index in [4.69, 9.17) is 18.9 Å². The van der Waals surface area contributed by atoms with E-state index < -0.39 is 0 Å². The molecule has 0 atom stereocenters. The molecular weight excluding hydrogens is 380 g/mol. The molecule has 152 valence electrons. The third-order valence-corrected chi connectivity index (χ3v) is 4.71. The fourth-order valence-electron chi connectivity index (χ4n) is 3.17. The van der Waals surface area contributed by atoms with E-state index in [-0.39, 0.29) is 11.5 Å². The smallest absolute Gasteiger partial charge is 0.231 e. The summed E-state index contributed by atoms with van der Waals surface area (Å²) < 4.78 is 22.5. The molecule has 0 saturated carbocycles. The summed E-state index contributed by atoms with van der Waals surface area (Å²) in [7, 11) is 1.63. The lowest BCUT2D eigenvalue weighted by molar-refractivity contribution is 0.101. The van der Waals surface area contributed by atoms with Crippen molar-refractivity contribution in [3.63, 3.8) is 0 Å². The summed E-state index contributed by atoms with van der Waals surface area (Å²) in [6, 6.07) is 20.5. The van der Waals surface area contributed by atoms with Gasteiger partial charge in [0.1, 0.15) is 29.6 Å². The van der Waals surface area contributed by atoms with Crippen LogP contribution in [0.25, 0.3) is 6.08 Å². The third kappa shape index (κ3) is 4.15. The van der Waals surface area contributed by atoms with Crippen LogP contribution in [0, 0.1) is 0 Å². The van der Waals surface area contributed by atoms with Crippen molar-refractivity contribution in [3.05, 3.63) is 89.2 Å². The minimum atomic E-state index is -0.155. The summed E-state index contributed by atoms with van der Waals surface area (Å²) in [5.41, 5.74) is 2.33. The number of ether oxygens (including phenoxy) is 4. The van der Waals surface area contributed by atoms with E-state index in [0.29, 0.717) is 36.0 Å². The van der Waals surface area contributed by atoms with Gasteiger partial charge in [0.25, 0.3) is 0 Å². The molecule has 1 heterocycles. The van der Waals surface area contributed by atoms with Crippen molar-refractivity contribution in [1.29, 1.82) is 0 Å². The fraction of sp³-hybridized carbons (Fsp3) is 0.160. The molecule has 0 aromatic heterocycles. The van der Waals surface area contributed by atoms with Gasteiger partial charge in [-0.3, -0.25) is 4.79 Å². The Balaban J connectivity index is 1.49. The molecule has 1 aliphatic heterocycles. The maximum atomic E-state index is 12.7. The average Bonchev–Trinajstić information content (AvgIpc) is 3.09. The summed E-state index contributed by atoms with van der Waals surface area (Å²) in [5.74, 6) is 2.75. The number of hydrogen-bond acceptors (Lipinski definition) is 5. The van der Waals surface area contributed by atoms with Gasteiger partial charge in [-0.2, -0.15) is 0 Å². The molecule has 0 bridgehead atoms. The van der Waals surface area contributed by atoms with Crippen molar-refractivity contribution < 1.29 is 23.7 Å². The second kappa shape index (κ2) is 8.74. The van der Waals surface area contributed by atoms with Gasteiger partial charge in [0.05, 0.1) is 19.3 Å². The Morgan fingerprint density at radius 1 is 0.933 bits per heavy atom. The Labute approximate surface area is 175 Å². The van der Waals surface area contributed by atoms with Gasteiger partial charge in [-0.25, -0.2) is 0 Å². The lowest BCUT2D eigenvalue weighted by atomic mass is 10.1. The number of Topliss-reactive ketones (excluding diaryl/α,β-unsaturated/α-hetero) is 1. The van der Waals surface area contributed by atoms with Gasteiger partial charge >= 0.3 is 0 Å². The number of methoxy groups -OCH3 is 1. The van der Waals surface area contributed by atoms with Crippen molar-refractivity contribution in [2.45, 2.75) is 13.5 Å². The Hall–Kier alpha value is -3.73. The van der Waals surface area contributed by atoms with Crippen LogP contribution in [0.5, 0.6) is 23.0 Å². The predicted molar refractivity (Wildman–Crippen MR) is 114 cm³/mol. The quantitative estimate of drug-likeness (QED) is 0.503. The van der Waals surface area contributed by atoms with Crippen molar-refractivity contribution in [3.8, 4) is 23.0 Å². The number of allylic oxidation sites excluding steroid dienone is 1. The second-order valence-electron chi connectivity index (χ2n) is 6.71. The topological polar surface area (TPSA) is 54.0 Å². The van der Waals surface area contributed by atoms with Crippen LogP contribution in [0.2, 0.25) is 0 Å². The molecule has 30 heavy (non-hydrogen) atoms. The number of ketones is 1. The maximum Gasteiger partial charge on any atom is 0.231 e. The molecule has 0 unspecified atom stereocenters. The number of fused-ring (bicyclic) bond motifs is 1. The Morgan fingerprint density at radius 3 is 2.47 bits per heavy atom. The SMILES string of the molecule is CCOc1ccccc1C=C1Oc2cc(OCc3ccc(OC)cc3)ccc2C1=O. The first-order valence-electron chi connectivity index (χ1n) is 9.74. The normalized spacial score (nSPS) is 13.7. The van der Waals surface area contributed by atoms with Gasteiger partial charge in [0, 0.05) is 11.6 Å². The van der Waals surface area contributed by atoms with Gasteiger partial charge in [-0.05, 0) is 48.9 Å². The molecule has 5 heteroatoms. The zero-order valence-electron chi connectivity index (χ0n) is 16.9. The molecule has 0 saturated heterocycles. The van der Waals surface area contributed by atoms with Crippen LogP contribution in [-0.2, 0) is 6.61 Å². The summed E-state index contributed by atoms with van der Waals surface area (Å²) in [4.78, 5) is 12.7. The highest BCUT2D eigenvalue weighted by Crippen LogP contribution is 2.36. The minimum absolute atomic E-state index is 0.155. The van der Waals surface area contributed by atoms with E-state index in [1.54, 1.807) is 31.4 Å². The van der Waals surface area contributed by atoms with E-state index in [9.17, 15) is 4.79 Å². The van der Waals surface area contributed by atoms with Crippen LogP contribution in [0.3, 0.4) is 0 Å². The molecule has 0 N–H and O–H groups in total. The van der Waals surface area contributed by atoms with Gasteiger partial charge in [0.15, 0.2) is 5.76 Å². The monoisotopic (exact) mass is 402 g/mol. The highest BCUT2D eigenvalue weighted by Gasteiger charge is 2.28. The molecule has 3 aromatic carbocycles. The zero-order chi connectivity index (χ0) is 20.9. The van der Waals surface area contributed by atoms with Gasteiger partial charge < -0.3 is 18.9 Å². The maximum absolute atomic E-state index is 12.7. The summed E-state index contributed by atoms with van der Waals surface area (Å²) in [5, 5.41) is 0. The minimum Gasteiger partial charge on any atom is -0.497 e. The van der Waals surface area contributed by atoms with E-state index in [1.807, 2.05) is 55.5 Å². The van der Waals surface area contributed by atoms with Crippen molar-refractivity contribution in [2.24, 2.45) is 0 Å². The molecular formula is C25H22O5. The largest absolute Gasteiger partial charge is 0.497 e. The molecule has 0 radical (unpaired) electrons. The number of para-hydroxylation sites is 1. The van der Waals surface area contributed by atoms with Gasteiger partial charge in [-0.15, -0.1) is 0 Å². The molecule has 4 rings (SSSR count). The van der Waals surface area contributed by atoms with Crippen LogP contribution in [-0.4, -0.2) is 19.5 Å². The first-order valence-corrected chi connectivity index (χ1v) is 9.74. The molecule has 1 aliphatic rings. The zero-order valence-corrected chi connectivity index (χ0v) is 16.9. The molecule has 0 aliphatic carbocycles. The van der Waals surface area contributed by atoms with E-state index >= 15 is 0 Å². The van der Waals surface area contributed by atoms with Crippen LogP contribution in [0.15, 0.2) is 72.5 Å². The van der Waals surface area contributed by atoms with Crippen molar-refractivity contribution in [2.75, 3.05) is 13.7 Å². The number of rotatable bonds is 7. The Kier molecular flexibility index (Phi) is 5.70. The number of hydrogen-bond donors (Lipinski definition) is 0. The Bertz CT molecular complexity index is 1080. The van der Waals surface area contributed by atoms with Crippen molar-refractivity contribution >= 4 is 11.9 Å². The Morgan fingerprint density at radius 2 is 1.70 bits per heavy atom. The standard InChI is InChI=1S/C25H22O5/c1-3-28-22-7-5-4-6-18(22)14-24-25(26)21-13-12-20(15-23(21)30-24)29-16-17-8-10-19(27-2)11-9-17/h4-15H,3,16H2,1-2H3. The third-order valence-electron chi connectivity index (χ3n) is 4.71. The van der Waals surface area contributed by atoms with Gasteiger partial charge in [0.2, 0.25) is 5.78 Å².